The number of imidazole rings is 1. The van der Waals surface area contributed by atoms with Crippen LogP contribution in [0.1, 0.15) is 43.1 Å². The van der Waals surface area contributed by atoms with Crippen LogP contribution in [-0.2, 0) is 0 Å². The first-order valence-corrected chi connectivity index (χ1v) is 7.55. The fourth-order valence-corrected chi connectivity index (χ4v) is 3.43. The zero-order valence-corrected chi connectivity index (χ0v) is 11.5. The average molecular weight is 261 g/mol. The van der Waals surface area contributed by atoms with Crippen LogP contribution in [0.3, 0.4) is 0 Å². The fourth-order valence-electron chi connectivity index (χ4n) is 2.54. The van der Waals surface area contributed by atoms with E-state index in [9.17, 15) is 0 Å². The Balaban J connectivity index is 1.82. The van der Waals surface area contributed by atoms with E-state index in [1.54, 1.807) is 11.3 Å². The summed E-state index contributed by atoms with van der Waals surface area (Å²) < 4.78 is 0. The second kappa shape index (κ2) is 5.24. The second-order valence-corrected chi connectivity index (χ2v) is 5.89. The lowest BCUT2D eigenvalue weighted by atomic mass is 10.1. The molecular formula is C14H19N3S. The third-order valence-corrected chi connectivity index (χ3v) is 4.64. The van der Waals surface area contributed by atoms with Crippen LogP contribution in [0.15, 0.2) is 17.6 Å². The summed E-state index contributed by atoms with van der Waals surface area (Å²) in [6, 6.07) is 2.56. The molecule has 18 heavy (non-hydrogen) atoms. The van der Waals surface area contributed by atoms with Gasteiger partial charge in [-0.05, 0) is 43.3 Å². The Kier molecular flexibility index (Phi) is 3.48. The Bertz CT molecular complexity index is 507. The van der Waals surface area contributed by atoms with Gasteiger partial charge in [-0.25, -0.2) is 4.98 Å². The lowest BCUT2D eigenvalue weighted by Gasteiger charge is -2.12. The molecule has 3 rings (SSSR count). The number of aryl methyl sites for hydroxylation is 1. The van der Waals surface area contributed by atoms with E-state index in [2.05, 4.69) is 33.7 Å². The van der Waals surface area contributed by atoms with E-state index in [-0.39, 0.29) is 0 Å². The number of thiophene rings is 1. The van der Waals surface area contributed by atoms with Crippen molar-refractivity contribution in [2.45, 2.75) is 38.6 Å². The maximum atomic E-state index is 4.57. The number of aromatic nitrogens is 2. The van der Waals surface area contributed by atoms with Crippen LogP contribution in [-0.4, -0.2) is 16.5 Å². The summed E-state index contributed by atoms with van der Waals surface area (Å²) in [4.78, 5) is 9.37. The minimum Gasteiger partial charge on any atom is -0.340 e. The summed E-state index contributed by atoms with van der Waals surface area (Å²) in [5.41, 5.74) is 2.48. The van der Waals surface area contributed by atoms with E-state index in [4.69, 9.17) is 0 Å². The summed E-state index contributed by atoms with van der Waals surface area (Å²) in [6.45, 7) is 3.26. The first-order valence-electron chi connectivity index (χ1n) is 6.67. The largest absolute Gasteiger partial charge is 0.340 e. The van der Waals surface area contributed by atoms with Crippen molar-refractivity contribution < 1.29 is 0 Å². The van der Waals surface area contributed by atoms with Gasteiger partial charge in [-0.15, -0.1) is 11.3 Å². The minimum absolute atomic E-state index is 0.404. The average Bonchev–Trinajstić information content (AvgIpc) is 2.91. The molecule has 3 nitrogen and oxygen atoms in total. The Hall–Kier alpha value is -1.13. The number of nitrogens with zero attached hydrogens (tertiary/aromatic N) is 1. The van der Waals surface area contributed by atoms with E-state index < -0.39 is 0 Å². The fraction of sp³-hybridized carbons (Fsp3) is 0.500. The van der Waals surface area contributed by atoms with Gasteiger partial charge < -0.3 is 10.3 Å². The SMILES string of the molecule is Cc1ccsc1-c1cnc(C2CCCCCN2)[nH]1. The van der Waals surface area contributed by atoms with Gasteiger partial charge in [0.1, 0.15) is 5.82 Å². The maximum Gasteiger partial charge on any atom is 0.123 e. The quantitative estimate of drug-likeness (QED) is 0.866. The van der Waals surface area contributed by atoms with Crippen LogP contribution in [0.4, 0.5) is 0 Å². The molecule has 0 aliphatic carbocycles. The third kappa shape index (κ3) is 2.35. The predicted molar refractivity (Wildman–Crippen MR) is 75.8 cm³/mol. The molecule has 0 radical (unpaired) electrons. The van der Waals surface area contributed by atoms with Gasteiger partial charge in [0.25, 0.3) is 0 Å². The highest BCUT2D eigenvalue weighted by molar-refractivity contribution is 7.13. The highest BCUT2D eigenvalue weighted by Crippen LogP contribution is 2.29. The molecule has 4 heteroatoms. The van der Waals surface area contributed by atoms with Crippen LogP contribution >= 0.6 is 11.3 Å². The third-order valence-electron chi connectivity index (χ3n) is 3.59. The van der Waals surface area contributed by atoms with Crippen LogP contribution < -0.4 is 5.32 Å². The van der Waals surface area contributed by atoms with E-state index in [0.717, 1.165) is 18.1 Å². The van der Waals surface area contributed by atoms with Gasteiger partial charge in [0.15, 0.2) is 0 Å². The molecule has 3 heterocycles. The molecule has 0 amide bonds. The van der Waals surface area contributed by atoms with Gasteiger partial charge >= 0.3 is 0 Å². The summed E-state index contributed by atoms with van der Waals surface area (Å²) in [7, 11) is 0. The van der Waals surface area contributed by atoms with Crippen molar-refractivity contribution in [3.63, 3.8) is 0 Å². The predicted octanol–water partition coefficient (Wildman–Crippen LogP) is 3.65. The molecule has 1 unspecified atom stereocenters. The Morgan fingerprint density at radius 1 is 1.33 bits per heavy atom. The van der Waals surface area contributed by atoms with Crippen molar-refractivity contribution in [3.05, 3.63) is 29.0 Å². The molecule has 2 aromatic rings. The number of hydrogen-bond donors (Lipinski definition) is 2. The molecule has 1 saturated heterocycles. The van der Waals surface area contributed by atoms with Crippen molar-refractivity contribution in [2.24, 2.45) is 0 Å². The van der Waals surface area contributed by atoms with E-state index in [1.165, 1.54) is 36.1 Å². The molecule has 1 aliphatic heterocycles. The monoisotopic (exact) mass is 261 g/mol. The van der Waals surface area contributed by atoms with Crippen molar-refractivity contribution in [1.82, 2.24) is 15.3 Å². The van der Waals surface area contributed by atoms with Gasteiger partial charge in [0, 0.05) is 0 Å². The topological polar surface area (TPSA) is 40.7 Å². The van der Waals surface area contributed by atoms with Crippen molar-refractivity contribution in [1.29, 1.82) is 0 Å². The first-order chi connectivity index (χ1) is 8.84. The summed E-state index contributed by atoms with van der Waals surface area (Å²) in [5, 5.41) is 5.71. The zero-order chi connectivity index (χ0) is 12.4. The van der Waals surface area contributed by atoms with E-state index in [1.807, 2.05) is 6.20 Å². The summed E-state index contributed by atoms with van der Waals surface area (Å²) in [6.07, 6.45) is 7.08. The number of hydrogen-bond acceptors (Lipinski definition) is 3. The molecule has 0 spiro atoms. The minimum atomic E-state index is 0.404. The van der Waals surface area contributed by atoms with Crippen molar-refractivity contribution >= 4 is 11.3 Å². The molecule has 0 aromatic carbocycles. The van der Waals surface area contributed by atoms with Gasteiger partial charge in [0.2, 0.25) is 0 Å². The molecule has 1 atom stereocenters. The van der Waals surface area contributed by atoms with Gasteiger partial charge in [0.05, 0.1) is 22.8 Å². The molecule has 2 aromatic heterocycles. The Morgan fingerprint density at radius 3 is 3.11 bits per heavy atom. The standard InChI is InChI=1S/C14H19N3S/c1-10-6-8-18-13(10)12-9-16-14(17-12)11-5-3-2-4-7-15-11/h6,8-9,11,15H,2-5,7H2,1H3,(H,16,17). The molecule has 1 aliphatic rings. The van der Waals surface area contributed by atoms with E-state index >= 15 is 0 Å². The van der Waals surface area contributed by atoms with Crippen LogP contribution in [0.2, 0.25) is 0 Å². The van der Waals surface area contributed by atoms with Gasteiger partial charge in [-0.1, -0.05) is 12.8 Å². The van der Waals surface area contributed by atoms with Crippen LogP contribution in [0, 0.1) is 6.92 Å². The molecule has 0 saturated carbocycles. The first kappa shape index (κ1) is 11.9. The summed E-state index contributed by atoms with van der Waals surface area (Å²) in [5.74, 6) is 1.10. The van der Waals surface area contributed by atoms with Crippen LogP contribution in [0.25, 0.3) is 10.6 Å². The number of aromatic amines is 1. The van der Waals surface area contributed by atoms with Crippen LogP contribution in [0.5, 0.6) is 0 Å². The van der Waals surface area contributed by atoms with E-state index in [0.29, 0.717) is 6.04 Å². The zero-order valence-electron chi connectivity index (χ0n) is 10.7. The smallest absolute Gasteiger partial charge is 0.123 e. The molecule has 96 valence electrons. The number of nitrogens with one attached hydrogen (secondary N) is 2. The lowest BCUT2D eigenvalue weighted by Crippen LogP contribution is -2.21. The molecule has 0 bridgehead atoms. The maximum absolute atomic E-state index is 4.57. The molecule has 1 fully saturated rings. The molecule has 2 N–H and O–H groups in total. The van der Waals surface area contributed by atoms with Gasteiger partial charge in [-0.2, -0.15) is 0 Å². The number of rotatable bonds is 2. The number of H-pyrrole nitrogens is 1. The Labute approximate surface area is 112 Å². The van der Waals surface area contributed by atoms with Crippen molar-refractivity contribution in [2.75, 3.05) is 6.54 Å². The second-order valence-electron chi connectivity index (χ2n) is 4.97. The van der Waals surface area contributed by atoms with Crippen molar-refractivity contribution in [3.8, 4) is 10.6 Å². The van der Waals surface area contributed by atoms with Gasteiger partial charge in [-0.3, -0.25) is 0 Å². The highest BCUT2D eigenvalue weighted by atomic mass is 32.1. The highest BCUT2D eigenvalue weighted by Gasteiger charge is 2.17. The lowest BCUT2D eigenvalue weighted by molar-refractivity contribution is 0.512. The molecular weight excluding hydrogens is 242 g/mol. The normalized spacial score (nSPS) is 20.8. The summed E-state index contributed by atoms with van der Waals surface area (Å²) >= 11 is 1.78. The Morgan fingerprint density at radius 2 is 2.28 bits per heavy atom.